The van der Waals surface area contributed by atoms with Gasteiger partial charge < -0.3 is 10.0 Å². The van der Waals surface area contributed by atoms with Crippen molar-refractivity contribution in [3.63, 3.8) is 0 Å². The zero-order valence-electron chi connectivity index (χ0n) is 12.1. The molecular weight excluding hydrogens is 250 g/mol. The number of amides is 1. The monoisotopic (exact) mass is 271 g/mol. The van der Waals surface area contributed by atoms with E-state index in [0.29, 0.717) is 24.8 Å². The summed E-state index contributed by atoms with van der Waals surface area (Å²) < 4.78 is 0. The molecule has 1 saturated heterocycles. The zero-order valence-corrected chi connectivity index (χ0v) is 12.1. The maximum atomic E-state index is 12.1. The van der Waals surface area contributed by atoms with E-state index in [1.807, 2.05) is 29.2 Å². The van der Waals surface area contributed by atoms with Crippen molar-refractivity contribution in [2.45, 2.75) is 26.8 Å². The van der Waals surface area contributed by atoms with Crippen LogP contribution in [0.4, 0.5) is 0 Å². The van der Waals surface area contributed by atoms with Gasteiger partial charge in [0.25, 0.3) is 0 Å². The van der Waals surface area contributed by atoms with Gasteiger partial charge in [-0.15, -0.1) is 0 Å². The third-order valence-corrected chi connectivity index (χ3v) is 3.87. The Balaban J connectivity index is 2.13. The van der Waals surface area contributed by atoms with Crippen LogP contribution in [0.15, 0.2) is 24.3 Å². The van der Waals surface area contributed by atoms with Crippen LogP contribution in [0.25, 0.3) is 0 Å². The Morgan fingerprint density at radius 1 is 1.40 bits per heavy atom. The lowest BCUT2D eigenvalue weighted by atomic mass is 9.95. The molecule has 1 aromatic carbocycles. The summed E-state index contributed by atoms with van der Waals surface area (Å²) in [6.45, 7) is 5.63. The van der Waals surface area contributed by atoms with Gasteiger partial charge in [0.05, 0.1) is 0 Å². The number of rotatable bonds is 3. The average molecular weight is 271 g/mol. The molecule has 1 aliphatic heterocycles. The number of carbonyl (C=O) groups excluding carboxylic acids is 1. The topological polar surface area (TPSA) is 40.5 Å². The first-order valence-corrected chi connectivity index (χ1v) is 7.07. The van der Waals surface area contributed by atoms with Crippen LogP contribution in [0, 0.1) is 23.7 Å². The van der Waals surface area contributed by atoms with Crippen LogP contribution < -0.4 is 0 Å². The third-order valence-electron chi connectivity index (χ3n) is 3.87. The fourth-order valence-corrected chi connectivity index (χ4v) is 2.52. The molecule has 3 nitrogen and oxygen atoms in total. The highest BCUT2D eigenvalue weighted by molar-refractivity contribution is 5.78. The number of nitrogens with zero attached hydrogens (tertiary/aromatic N) is 1. The Kier molecular flexibility index (Phi) is 4.81. The Hall–Kier alpha value is -1.79. The molecule has 1 aliphatic rings. The van der Waals surface area contributed by atoms with Crippen molar-refractivity contribution in [3.05, 3.63) is 35.4 Å². The van der Waals surface area contributed by atoms with Crippen LogP contribution in [-0.2, 0) is 11.3 Å². The molecule has 3 heteroatoms. The van der Waals surface area contributed by atoms with Crippen LogP contribution >= 0.6 is 0 Å². The standard InChI is InChI=1S/C17H21NO2/c1-13(2)16-10-17(20)18(12-16)11-15-7-4-3-6-14(15)8-5-9-19/h3-4,6-7,13,16,19H,9-12H2,1-2H3. The van der Waals surface area contributed by atoms with Crippen molar-refractivity contribution < 1.29 is 9.90 Å². The number of hydrogen-bond acceptors (Lipinski definition) is 2. The van der Waals surface area contributed by atoms with E-state index in [0.717, 1.165) is 17.7 Å². The molecule has 1 aromatic rings. The van der Waals surface area contributed by atoms with E-state index in [1.54, 1.807) is 0 Å². The van der Waals surface area contributed by atoms with Crippen molar-refractivity contribution in [2.75, 3.05) is 13.2 Å². The van der Waals surface area contributed by atoms with Gasteiger partial charge in [0.1, 0.15) is 6.61 Å². The van der Waals surface area contributed by atoms with Gasteiger partial charge in [-0.25, -0.2) is 0 Å². The summed E-state index contributed by atoms with van der Waals surface area (Å²) in [6.07, 6.45) is 0.655. The van der Waals surface area contributed by atoms with Crippen molar-refractivity contribution in [3.8, 4) is 11.8 Å². The van der Waals surface area contributed by atoms with Gasteiger partial charge in [-0.2, -0.15) is 0 Å². The maximum Gasteiger partial charge on any atom is 0.223 e. The van der Waals surface area contributed by atoms with Crippen LogP contribution in [-0.4, -0.2) is 29.1 Å². The molecule has 1 heterocycles. The lowest BCUT2D eigenvalue weighted by Gasteiger charge is -2.19. The van der Waals surface area contributed by atoms with Gasteiger partial charge in [0.15, 0.2) is 0 Å². The van der Waals surface area contributed by atoms with Gasteiger partial charge in [-0.1, -0.05) is 43.9 Å². The number of aliphatic hydroxyl groups is 1. The number of hydrogen-bond donors (Lipinski definition) is 1. The summed E-state index contributed by atoms with van der Waals surface area (Å²) in [7, 11) is 0. The third kappa shape index (κ3) is 3.40. The largest absolute Gasteiger partial charge is 0.384 e. The van der Waals surface area contributed by atoms with Gasteiger partial charge in [0.2, 0.25) is 5.91 Å². The normalized spacial score (nSPS) is 18.3. The van der Waals surface area contributed by atoms with Gasteiger partial charge >= 0.3 is 0 Å². The van der Waals surface area contributed by atoms with Crippen LogP contribution in [0.3, 0.4) is 0 Å². The molecule has 1 unspecified atom stereocenters. The molecule has 0 bridgehead atoms. The zero-order chi connectivity index (χ0) is 14.5. The van der Waals surface area contributed by atoms with Crippen molar-refractivity contribution in [1.82, 2.24) is 4.90 Å². The molecule has 1 N–H and O–H groups in total. The second-order valence-corrected chi connectivity index (χ2v) is 5.60. The first-order chi connectivity index (χ1) is 9.61. The number of likely N-dealkylation sites (tertiary alicyclic amines) is 1. The van der Waals surface area contributed by atoms with Crippen molar-refractivity contribution >= 4 is 5.91 Å². The highest BCUT2D eigenvalue weighted by Crippen LogP contribution is 2.26. The molecule has 0 saturated carbocycles. The minimum atomic E-state index is -0.146. The van der Waals surface area contributed by atoms with E-state index in [2.05, 4.69) is 25.7 Å². The lowest BCUT2D eigenvalue weighted by Crippen LogP contribution is -2.25. The van der Waals surface area contributed by atoms with E-state index in [9.17, 15) is 4.79 Å². The summed E-state index contributed by atoms with van der Waals surface area (Å²) in [5.74, 6) is 6.84. The number of benzene rings is 1. The summed E-state index contributed by atoms with van der Waals surface area (Å²) >= 11 is 0. The maximum absolute atomic E-state index is 12.1. The molecule has 1 amide bonds. The summed E-state index contributed by atoms with van der Waals surface area (Å²) in [5, 5.41) is 8.80. The molecular formula is C17H21NO2. The van der Waals surface area contributed by atoms with E-state index < -0.39 is 0 Å². The second kappa shape index (κ2) is 6.58. The fraction of sp³-hybridized carbons (Fsp3) is 0.471. The van der Waals surface area contributed by atoms with Crippen molar-refractivity contribution in [2.24, 2.45) is 11.8 Å². The summed E-state index contributed by atoms with van der Waals surface area (Å²) in [5.41, 5.74) is 1.94. The van der Waals surface area contributed by atoms with Gasteiger partial charge in [0, 0.05) is 25.1 Å². The predicted octanol–water partition coefficient (Wildman–Crippen LogP) is 2.03. The fourth-order valence-electron chi connectivity index (χ4n) is 2.52. The second-order valence-electron chi connectivity index (χ2n) is 5.60. The Labute approximate surface area is 120 Å². The minimum absolute atomic E-state index is 0.146. The molecule has 20 heavy (non-hydrogen) atoms. The van der Waals surface area contributed by atoms with Gasteiger partial charge in [-0.05, 0) is 23.5 Å². The highest BCUT2D eigenvalue weighted by atomic mass is 16.2. The Bertz CT molecular complexity index is 539. The minimum Gasteiger partial charge on any atom is -0.384 e. The quantitative estimate of drug-likeness (QED) is 0.855. The SMILES string of the molecule is CC(C)C1CC(=O)N(Cc2ccccc2C#CCO)C1. The lowest BCUT2D eigenvalue weighted by molar-refractivity contribution is -0.128. The van der Waals surface area contributed by atoms with Crippen molar-refractivity contribution in [1.29, 1.82) is 0 Å². The highest BCUT2D eigenvalue weighted by Gasteiger charge is 2.31. The van der Waals surface area contributed by atoms with E-state index in [4.69, 9.17) is 5.11 Å². The number of carbonyl (C=O) groups is 1. The van der Waals surface area contributed by atoms with E-state index in [1.165, 1.54) is 0 Å². The molecule has 0 radical (unpaired) electrons. The van der Waals surface area contributed by atoms with Crippen LogP contribution in [0.5, 0.6) is 0 Å². The first-order valence-electron chi connectivity index (χ1n) is 7.07. The Morgan fingerprint density at radius 2 is 2.15 bits per heavy atom. The summed E-state index contributed by atoms with van der Waals surface area (Å²) in [4.78, 5) is 14.0. The molecule has 0 aromatic heterocycles. The van der Waals surface area contributed by atoms with Crippen LogP contribution in [0.2, 0.25) is 0 Å². The van der Waals surface area contributed by atoms with Gasteiger partial charge in [-0.3, -0.25) is 4.79 Å². The van der Waals surface area contributed by atoms with E-state index in [-0.39, 0.29) is 12.5 Å². The predicted molar refractivity (Wildman–Crippen MR) is 78.8 cm³/mol. The number of aliphatic hydroxyl groups excluding tert-OH is 1. The summed E-state index contributed by atoms with van der Waals surface area (Å²) in [6, 6.07) is 7.81. The Morgan fingerprint density at radius 3 is 2.80 bits per heavy atom. The smallest absolute Gasteiger partial charge is 0.223 e. The molecule has 2 rings (SSSR count). The molecule has 1 atom stereocenters. The average Bonchev–Trinajstić information content (AvgIpc) is 2.79. The van der Waals surface area contributed by atoms with Crippen LogP contribution in [0.1, 0.15) is 31.4 Å². The molecule has 1 fully saturated rings. The molecule has 106 valence electrons. The first kappa shape index (κ1) is 14.6. The molecule has 0 spiro atoms. The van der Waals surface area contributed by atoms with E-state index >= 15 is 0 Å². The molecule has 0 aliphatic carbocycles.